The van der Waals surface area contributed by atoms with Crippen molar-refractivity contribution in [1.29, 1.82) is 0 Å². The third-order valence-corrected chi connectivity index (χ3v) is 5.59. The molecule has 0 unspecified atom stereocenters. The Kier molecular flexibility index (Phi) is 4.71. The standard InChI is InChI=1S/C18H14Br2N4S/c1-25-18-22-17-21-15(11-2-6-13(19)7-3-11)10-16(24(17)23-18)12-4-8-14(20)9-5-12/h2-10,16H,1H3,(H,21,22,23)/t16-/m1/s1. The van der Waals surface area contributed by atoms with Crippen LogP contribution in [0.15, 0.2) is 68.7 Å². The topological polar surface area (TPSA) is 42.7 Å². The Hall–Kier alpha value is -1.57. The molecule has 1 N–H and O–H groups in total. The highest BCUT2D eigenvalue weighted by molar-refractivity contribution is 9.10. The van der Waals surface area contributed by atoms with Gasteiger partial charge in [-0.3, -0.25) is 0 Å². The molecule has 4 rings (SSSR count). The predicted octanol–water partition coefficient (Wildman–Crippen LogP) is 5.58. The molecule has 2 aromatic carbocycles. The van der Waals surface area contributed by atoms with Crippen molar-refractivity contribution in [2.45, 2.75) is 11.2 Å². The van der Waals surface area contributed by atoms with Gasteiger partial charge in [-0.15, -0.1) is 5.10 Å². The first-order chi connectivity index (χ1) is 12.1. The van der Waals surface area contributed by atoms with Crippen LogP contribution in [0.5, 0.6) is 0 Å². The highest BCUT2D eigenvalue weighted by atomic mass is 79.9. The average Bonchev–Trinajstić information content (AvgIpc) is 3.05. The number of fused-ring (bicyclic) bond motifs is 1. The van der Waals surface area contributed by atoms with Gasteiger partial charge in [0.25, 0.3) is 0 Å². The summed E-state index contributed by atoms with van der Waals surface area (Å²) in [4.78, 5) is 4.60. The zero-order valence-electron chi connectivity index (χ0n) is 13.3. The number of rotatable bonds is 3. The molecular formula is C18H14Br2N4S. The van der Waals surface area contributed by atoms with E-state index in [1.807, 2.05) is 23.1 Å². The summed E-state index contributed by atoms with van der Waals surface area (Å²) in [5.41, 5.74) is 3.32. The summed E-state index contributed by atoms with van der Waals surface area (Å²) in [5.74, 6) is 0.762. The molecule has 126 valence electrons. The van der Waals surface area contributed by atoms with E-state index in [9.17, 15) is 0 Å². The smallest absolute Gasteiger partial charge is 0.227 e. The lowest BCUT2D eigenvalue weighted by Crippen LogP contribution is -2.20. The van der Waals surface area contributed by atoms with Crippen molar-refractivity contribution in [3.63, 3.8) is 0 Å². The predicted molar refractivity (Wildman–Crippen MR) is 110 cm³/mol. The summed E-state index contributed by atoms with van der Waals surface area (Å²) < 4.78 is 4.06. The van der Waals surface area contributed by atoms with E-state index in [1.54, 1.807) is 11.8 Å². The summed E-state index contributed by atoms with van der Waals surface area (Å²) in [7, 11) is 0. The van der Waals surface area contributed by atoms with Crippen LogP contribution in [0.2, 0.25) is 0 Å². The summed E-state index contributed by atoms with van der Waals surface area (Å²) in [6, 6.07) is 16.6. The van der Waals surface area contributed by atoms with Crippen LogP contribution < -0.4 is 5.32 Å². The molecule has 0 amide bonds. The molecule has 1 atom stereocenters. The van der Waals surface area contributed by atoms with Gasteiger partial charge in [0.15, 0.2) is 0 Å². The van der Waals surface area contributed by atoms with Crippen LogP contribution >= 0.6 is 43.6 Å². The van der Waals surface area contributed by atoms with E-state index in [2.05, 4.69) is 89.7 Å². The lowest BCUT2D eigenvalue weighted by Gasteiger charge is -2.24. The third kappa shape index (κ3) is 3.41. The van der Waals surface area contributed by atoms with Crippen LogP contribution in [0, 0.1) is 0 Å². The van der Waals surface area contributed by atoms with Crippen LogP contribution in [0.4, 0.5) is 5.95 Å². The first-order valence-electron chi connectivity index (χ1n) is 7.65. The lowest BCUT2D eigenvalue weighted by molar-refractivity contribution is 0.598. The Balaban J connectivity index is 1.81. The Labute approximate surface area is 167 Å². The number of hydrogen-bond donors (Lipinski definition) is 1. The molecule has 7 heteroatoms. The Bertz CT molecular complexity index is 933. The Morgan fingerprint density at radius 2 is 1.64 bits per heavy atom. The van der Waals surface area contributed by atoms with Crippen LogP contribution in [-0.4, -0.2) is 21.0 Å². The quantitative estimate of drug-likeness (QED) is 0.500. The van der Waals surface area contributed by atoms with Crippen LogP contribution in [-0.2, 0) is 0 Å². The number of anilines is 1. The third-order valence-electron chi connectivity index (χ3n) is 4.00. The number of hydrogen-bond acceptors (Lipinski definition) is 4. The van der Waals surface area contributed by atoms with E-state index < -0.39 is 0 Å². The van der Waals surface area contributed by atoms with E-state index in [4.69, 9.17) is 0 Å². The van der Waals surface area contributed by atoms with Gasteiger partial charge in [-0.05, 0) is 47.7 Å². The first-order valence-corrected chi connectivity index (χ1v) is 10.5. The maximum atomic E-state index is 4.63. The molecule has 0 saturated heterocycles. The number of allylic oxidation sites excluding steroid dienone is 1. The van der Waals surface area contributed by atoms with Gasteiger partial charge in [-0.2, -0.15) is 4.98 Å². The molecule has 0 spiro atoms. The number of halogens is 2. The van der Waals surface area contributed by atoms with Crippen LogP contribution in [0.3, 0.4) is 0 Å². The van der Waals surface area contributed by atoms with Crippen molar-refractivity contribution in [1.82, 2.24) is 14.8 Å². The van der Waals surface area contributed by atoms with Crippen molar-refractivity contribution < 1.29 is 0 Å². The molecule has 1 aliphatic rings. The molecular weight excluding hydrogens is 464 g/mol. The first kappa shape index (κ1) is 16.9. The molecule has 1 aliphatic heterocycles. The number of nitrogens with one attached hydrogen (secondary N) is 1. The van der Waals surface area contributed by atoms with Crippen molar-refractivity contribution in [2.24, 2.45) is 0 Å². The van der Waals surface area contributed by atoms with Gasteiger partial charge in [-0.1, -0.05) is 67.9 Å². The van der Waals surface area contributed by atoms with Crippen molar-refractivity contribution in [3.05, 3.63) is 74.7 Å². The minimum atomic E-state index is -0.00334. The zero-order chi connectivity index (χ0) is 17.4. The fourth-order valence-electron chi connectivity index (χ4n) is 2.76. The highest BCUT2D eigenvalue weighted by Gasteiger charge is 2.25. The Morgan fingerprint density at radius 3 is 2.28 bits per heavy atom. The van der Waals surface area contributed by atoms with Crippen LogP contribution in [0.25, 0.3) is 5.70 Å². The van der Waals surface area contributed by atoms with Gasteiger partial charge < -0.3 is 5.32 Å². The van der Waals surface area contributed by atoms with Gasteiger partial charge in [0.2, 0.25) is 11.1 Å². The molecule has 0 radical (unpaired) electrons. The summed E-state index contributed by atoms with van der Waals surface area (Å²) in [5, 5.41) is 8.80. The molecule has 25 heavy (non-hydrogen) atoms. The van der Waals surface area contributed by atoms with E-state index >= 15 is 0 Å². The van der Waals surface area contributed by atoms with E-state index in [0.717, 1.165) is 36.9 Å². The summed E-state index contributed by atoms with van der Waals surface area (Å²) >= 11 is 8.53. The van der Waals surface area contributed by atoms with Crippen molar-refractivity contribution in [3.8, 4) is 0 Å². The van der Waals surface area contributed by atoms with Crippen molar-refractivity contribution in [2.75, 3.05) is 11.6 Å². The van der Waals surface area contributed by atoms with Gasteiger partial charge in [0.1, 0.15) is 6.04 Å². The largest absolute Gasteiger partial charge is 0.324 e. The summed E-state index contributed by atoms with van der Waals surface area (Å²) in [6.07, 6.45) is 4.18. The number of aromatic nitrogens is 3. The summed E-state index contributed by atoms with van der Waals surface area (Å²) in [6.45, 7) is 0. The van der Waals surface area contributed by atoms with Gasteiger partial charge in [-0.25, -0.2) is 4.68 Å². The molecule has 0 bridgehead atoms. The molecule has 0 fully saturated rings. The number of benzene rings is 2. The van der Waals surface area contributed by atoms with Crippen molar-refractivity contribution >= 4 is 55.3 Å². The monoisotopic (exact) mass is 476 g/mol. The second-order valence-electron chi connectivity index (χ2n) is 5.58. The zero-order valence-corrected chi connectivity index (χ0v) is 17.3. The lowest BCUT2D eigenvalue weighted by atomic mass is 10.0. The molecule has 4 nitrogen and oxygen atoms in total. The molecule has 2 heterocycles. The SMILES string of the molecule is CSc1nc2n(n1)[C@@H](c1ccc(Br)cc1)C=C(c1ccc(Br)cc1)N2. The second kappa shape index (κ2) is 6.97. The number of nitrogens with zero attached hydrogens (tertiary/aromatic N) is 3. The highest BCUT2D eigenvalue weighted by Crippen LogP contribution is 2.34. The minimum Gasteiger partial charge on any atom is -0.324 e. The van der Waals surface area contributed by atoms with Gasteiger partial charge in [0.05, 0.1) is 0 Å². The number of thioether (sulfide) groups is 1. The maximum Gasteiger partial charge on any atom is 0.227 e. The second-order valence-corrected chi connectivity index (χ2v) is 8.18. The normalized spacial score (nSPS) is 16.1. The van der Waals surface area contributed by atoms with Gasteiger partial charge in [0, 0.05) is 14.6 Å². The van der Waals surface area contributed by atoms with Crippen LogP contribution in [0.1, 0.15) is 17.2 Å². The molecule has 1 aromatic heterocycles. The van der Waals surface area contributed by atoms with E-state index in [1.165, 1.54) is 0 Å². The fourth-order valence-corrected chi connectivity index (χ4v) is 3.63. The molecule has 0 aliphatic carbocycles. The maximum absolute atomic E-state index is 4.63. The van der Waals surface area contributed by atoms with E-state index in [-0.39, 0.29) is 6.04 Å². The van der Waals surface area contributed by atoms with Gasteiger partial charge >= 0.3 is 0 Å². The Morgan fingerprint density at radius 1 is 1.00 bits per heavy atom. The van der Waals surface area contributed by atoms with E-state index in [0.29, 0.717) is 0 Å². The minimum absolute atomic E-state index is 0.00334. The fraction of sp³-hybridized carbons (Fsp3) is 0.111. The molecule has 0 saturated carbocycles. The average molecular weight is 478 g/mol. The molecule has 3 aromatic rings.